The molecule has 1 aliphatic rings. The first-order valence-electron chi connectivity index (χ1n) is 23.6. The number of allylic oxidation sites excluding steroid dienone is 2. The number of H-pyrrole nitrogens is 1. The highest BCUT2D eigenvalue weighted by Crippen LogP contribution is 2.24. The molecule has 7 atom stereocenters. The summed E-state index contributed by atoms with van der Waals surface area (Å²) in [6, 6.07) is -0.866. The zero-order valence-corrected chi connectivity index (χ0v) is 40.7. The van der Waals surface area contributed by atoms with Crippen LogP contribution in [0, 0.1) is 0 Å². The molecular formula is C47H68N12O13. The number of aliphatic carboxylic acids is 2. The third kappa shape index (κ3) is 18.7. The maximum Gasteiger partial charge on any atom is 0.326 e. The van der Waals surface area contributed by atoms with Crippen LogP contribution in [0.3, 0.4) is 0 Å². The Morgan fingerprint density at radius 2 is 1.42 bits per heavy atom. The Kier molecular flexibility index (Phi) is 24.7. The standard InChI is InChI=1S/C47H68N12O13/c1-5-7-17-59(18-15-48)31(24-60)14-11-16-50-40-39(27(3)41(40)65)51-23-37(62)54-35(21-38(63)64)43(67)53-28(4)42(66)56-34(20-30-22-49-26-52-30)45(69)58-36(25-61)46(70)57-33(19-29-12-9-8-10-13-29)44(68)55-32(6-2)47(71)72/h8-10,12-13,22,24,26,28,31-36,50-51,61H,3,5-7,11,14-21,23,25,48H2,1-2,4H3,(H,49,52)(H,53,67)(H,54,62)(H,55,68)(H,56,66)(H,57,70)(H,58,69)(H,63,64)(H,71,72)/t28?,31?,32-,33-,34-,35-,36?/m0/s1. The molecule has 0 radical (unpaired) electrons. The van der Waals surface area contributed by atoms with Crippen LogP contribution in [0.5, 0.6) is 0 Å². The minimum absolute atomic E-state index is 0.0365. The second-order valence-electron chi connectivity index (χ2n) is 17.0. The van der Waals surface area contributed by atoms with Crippen molar-refractivity contribution in [2.24, 2.45) is 5.73 Å². The highest BCUT2D eigenvalue weighted by Gasteiger charge is 2.35. The summed E-state index contributed by atoms with van der Waals surface area (Å²) in [5.74, 6) is -8.95. The number of aliphatic hydroxyl groups excluding tert-OH is 1. The van der Waals surface area contributed by atoms with E-state index in [1.807, 2.05) is 11.8 Å². The van der Waals surface area contributed by atoms with Crippen molar-refractivity contribution in [2.75, 3.05) is 39.3 Å². The maximum atomic E-state index is 13.8. The number of ketones is 1. The maximum absolute atomic E-state index is 13.8. The molecule has 1 aliphatic carbocycles. The minimum atomic E-state index is -1.70. The highest BCUT2D eigenvalue weighted by atomic mass is 16.4. The first-order valence-corrected chi connectivity index (χ1v) is 23.6. The number of Topliss-reactive ketones (excluding diaryl/α,β-unsaturated/α-hetero) is 1. The Bertz CT molecular complexity index is 2240. The number of aromatic nitrogens is 2. The van der Waals surface area contributed by atoms with Gasteiger partial charge >= 0.3 is 11.9 Å². The predicted molar refractivity (Wildman–Crippen MR) is 259 cm³/mol. The third-order valence-electron chi connectivity index (χ3n) is 11.4. The van der Waals surface area contributed by atoms with Crippen LogP contribution in [-0.4, -0.2) is 171 Å². The number of aromatic amines is 1. The average molecular weight is 1010 g/mol. The number of hydrogen-bond donors (Lipinski definition) is 13. The fourth-order valence-electron chi connectivity index (χ4n) is 7.37. The second kappa shape index (κ2) is 30.3. The topological polar surface area (TPSA) is 386 Å². The number of nitrogens with zero attached hydrogens (tertiary/aromatic N) is 2. The summed E-state index contributed by atoms with van der Waals surface area (Å²) >= 11 is 0. The van der Waals surface area contributed by atoms with Gasteiger partial charge in [-0.15, -0.1) is 0 Å². The second-order valence-corrected chi connectivity index (χ2v) is 17.0. The summed E-state index contributed by atoms with van der Waals surface area (Å²) in [5.41, 5.74) is 7.14. The quantitative estimate of drug-likeness (QED) is 0.0186. The van der Waals surface area contributed by atoms with Gasteiger partial charge in [-0.1, -0.05) is 57.2 Å². The number of imidazole rings is 1. The first kappa shape index (κ1) is 58.8. The Labute approximate surface area is 416 Å². The molecule has 0 spiro atoms. The monoisotopic (exact) mass is 1010 g/mol. The van der Waals surface area contributed by atoms with Crippen LogP contribution in [-0.2, 0) is 60.8 Å². The molecule has 1 heterocycles. The van der Waals surface area contributed by atoms with E-state index in [1.165, 1.54) is 19.4 Å². The summed E-state index contributed by atoms with van der Waals surface area (Å²) < 4.78 is 0. The number of carboxylic acids is 2. The number of benzene rings is 1. The molecule has 1 aromatic carbocycles. The number of carbonyl (C=O) groups excluding carboxylic acids is 8. The molecule has 25 heteroatoms. The SMILES string of the molecule is C=C1C(=O)C(NCCCC(C=O)N(CCN)CCCC)=C1NCC(=O)N[C@@H](CC(=O)O)C(=O)NC(C)C(=O)N[C@@H](Cc1cnc[nH]1)C(=O)NC(CO)C(=O)N[C@@H](Cc1ccccc1)C(=O)N[C@@H](CC)C(=O)O. The van der Waals surface area contributed by atoms with Crippen LogP contribution in [0.2, 0.25) is 0 Å². The van der Waals surface area contributed by atoms with E-state index < -0.39 is 109 Å². The van der Waals surface area contributed by atoms with Crippen molar-refractivity contribution < 1.29 is 63.3 Å². The summed E-state index contributed by atoms with van der Waals surface area (Å²) in [6.07, 6.45) is 5.21. The van der Waals surface area contributed by atoms with Gasteiger partial charge < -0.3 is 73.4 Å². The fraction of sp³-hybridized carbons (Fsp3) is 0.511. The van der Waals surface area contributed by atoms with Gasteiger partial charge in [0, 0.05) is 49.9 Å². The number of carbonyl (C=O) groups is 10. The van der Waals surface area contributed by atoms with Gasteiger partial charge in [0.15, 0.2) is 0 Å². The summed E-state index contributed by atoms with van der Waals surface area (Å²) in [6.45, 7) is 9.04. The molecular weight excluding hydrogens is 941 g/mol. The lowest BCUT2D eigenvalue weighted by atomic mass is 9.93. The van der Waals surface area contributed by atoms with Crippen molar-refractivity contribution in [3.8, 4) is 0 Å². The van der Waals surface area contributed by atoms with Crippen molar-refractivity contribution in [3.05, 3.63) is 77.7 Å². The molecule has 6 amide bonds. The molecule has 3 unspecified atom stereocenters. The van der Waals surface area contributed by atoms with E-state index in [9.17, 15) is 63.3 Å². The number of aldehydes is 1. The first-order chi connectivity index (χ1) is 34.4. The van der Waals surface area contributed by atoms with E-state index in [0.29, 0.717) is 43.7 Å². The smallest absolute Gasteiger partial charge is 0.326 e. The van der Waals surface area contributed by atoms with Crippen molar-refractivity contribution in [1.82, 2.24) is 57.4 Å². The molecule has 14 N–H and O–H groups in total. The predicted octanol–water partition coefficient (Wildman–Crippen LogP) is -2.98. The molecule has 0 aliphatic heterocycles. The Hall–Kier alpha value is -7.51. The van der Waals surface area contributed by atoms with Crippen LogP contribution in [0.1, 0.15) is 70.6 Å². The molecule has 25 nitrogen and oxygen atoms in total. The zero-order valence-electron chi connectivity index (χ0n) is 40.7. The molecule has 1 aromatic heterocycles. The van der Waals surface area contributed by atoms with Crippen LogP contribution < -0.4 is 48.3 Å². The number of rotatable bonds is 35. The average Bonchev–Trinajstić information content (AvgIpc) is 3.87. The summed E-state index contributed by atoms with van der Waals surface area (Å²) in [5, 5.41) is 49.4. The van der Waals surface area contributed by atoms with Gasteiger partial charge in [-0.25, -0.2) is 9.78 Å². The lowest BCUT2D eigenvalue weighted by molar-refractivity contribution is -0.142. The van der Waals surface area contributed by atoms with E-state index in [4.69, 9.17) is 5.73 Å². The molecule has 0 fully saturated rings. The number of nitrogens with two attached hydrogens (primary N) is 1. The van der Waals surface area contributed by atoms with Crippen LogP contribution >= 0.6 is 0 Å². The van der Waals surface area contributed by atoms with Crippen LogP contribution in [0.15, 0.2) is 66.4 Å². The number of carboxylic acid groups (broad SMARTS) is 2. The van der Waals surface area contributed by atoms with Crippen molar-refractivity contribution in [2.45, 2.75) is 114 Å². The van der Waals surface area contributed by atoms with Crippen molar-refractivity contribution in [1.29, 1.82) is 0 Å². The van der Waals surface area contributed by atoms with E-state index >= 15 is 0 Å². The summed E-state index contributed by atoms with van der Waals surface area (Å²) in [7, 11) is 0. The number of nitrogens with one attached hydrogen (secondary N) is 9. The van der Waals surface area contributed by atoms with Gasteiger partial charge in [0.2, 0.25) is 41.2 Å². The summed E-state index contributed by atoms with van der Waals surface area (Å²) in [4.78, 5) is 137. The number of amides is 6. The van der Waals surface area contributed by atoms with E-state index in [0.717, 1.165) is 25.7 Å². The van der Waals surface area contributed by atoms with Crippen LogP contribution in [0.4, 0.5) is 0 Å². The van der Waals surface area contributed by atoms with Gasteiger partial charge in [-0.2, -0.15) is 0 Å². The van der Waals surface area contributed by atoms with E-state index in [1.54, 1.807) is 37.3 Å². The third-order valence-corrected chi connectivity index (χ3v) is 11.4. The van der Waals surface area contributed by atoms with Crippen LogP contribution in [0.25, 0.3) is 0 Å². The van der Waals surface area contributed by atoms with Gasteiger partial charge in [0.25, 0.3) is 0 Å². The van der Waals surface area contributed by atoms with E-state index in [-0.39, 0.29) is 42.3 Å². The fourth-order valence-corrected chi connectivity index (χ4v) is 7.37. The lowest BCUT2D eigenvalue weighted by Gasteiger charge is -2.29. The molecule has 0 saturated heterocycles. The molecule has 394 valence electrons. The molecule has 2 aromatic rings. The van der Waals surface area contributed by atoms with Gasteiger partial charge in [-0.3, -0.25) is 43.3 Å². The highest BCUT2D eigenvalue weighted by molar-refractivity contribution is 6.19. The van der Waals surface area contributed by atoms with Crippen molar-refractivity contribution in [3.63, 3.8) is 0 Å². The molecule has 0 saturated carbocycles. The van der Waals surface area contributed by atoms with Crippen molar-refractivity contribution >= 4 is 59.5 Å². The van der Waals surface area contributed by atoms with Gasteiger partial charge in [0.05, 0.1) is 37.6 Å². The van der Waals surface area contributed by atoms with Gasteiger partial charge in [-0.05, 0) is 44.7 Å². The molecule has 0 bridgehead atoms. The Morgan fingerprint density at radius 3 is 2.00 bits per heavy atom. The number of hydrogen-bond acceptors (Lipinski definition) is 16. The molecule has 72 heavy (non-hydrogen) atoms. The normalized spacial score (nSPS) is 15.0. The minimum Gasteiger partial charge on any atom is -0.481 e. The Morgan fingerprint density at radius 1 is 0.792 bits per heavy atom. The molecule has 3 rings (SSSR count). The number of aliphatic hydroxyl groups is 1. The number of unbranched alkanes of at least 4 members (excludes halogenated alkanes) is 1. The zero-order chi connectivity index (χ0) is 53.3. The van der Waals surface area contributed by atoms with E-state index in [2.05, 4.69) is 59.1 Å². The van der Waals surface area contributed by atoms with Gasteiger partial charge in [0.1, 0.15) is 48.2 Å². The largest absolute Gasteiger partial charge is 0.481 e. The Balaban J connectivity index is 1.65. The lowest BCUT2D eigenvalue weighted by Crippen LogP contribution is -2.60.